The van der Waals surface area contributed by atoms with Gasteiger partial charge in [-0.15, -0.1) is 0 Å². The van der Waals surface area contributed by atoms with Crippen LogP contribution >= 0.6 is 0 Å². The van der Waals surface area contributed by atoms with Crippen LogP contribution in [0.2, 0.25) is 0 Å². The van der Waals surface area contributed by atoms with Crippen LogP contribution in [0.25, 0.3) is 0 Å². The third-order valence-electron chi connectivity index (χ3n) is 1.63. The van der Waals surface area contributed by atoms with E-state index in [0.29, 0.717) is 5.69 Å². The molecular weight excluding hydrogens is 142 g/mol. The monoisotopic (exact) mass is 152 g/mol. The van der Waals surface area contributed by atoms with Crippen molar-refractivity contribution < 1.29 is 10.1 Å². The molecule has 0 saturated heterocycles. The molecule has 0 spiro atoms. The minimum Gasteiger partial charge on any atom is -0.241 e. The zero-order chi connectivity index (χ0) is 8.43. The third-order valence-corrected chi connectivity index (χ3v) is 1.63. The van der Waals surface area contributed by atoms with Crippen molar-refractivity contribution in [2.45, 2.75) is 13.8 Å². The highest BCUT2D eigenvalue weighted by molar-refractivity contribution is 5.45. The van der Waals surface area contributed by atoms with Crippen molar-refractivity contribution in [2.24, 2.45) is 0 Å². The van der Waals surface area contributed by atoms with Gasteiger partial charge in [0.15, 0.2) is 0 Å². The molecule has 1 aromatic carbocycles. The Morgan fingerprint density at radius 2 is 1.73 bits per heavy atom. The second-order valence-electron chi connectivity index (χ2n) is 2.51. The van der Waals surface area contributed by atoms with E-state index >= 15 is 0 Å². The molecule has 0 heterocycles. The second-order valence-corrected chi connectivity index (χ2v) is 2.51. The summed E-state index contributed by atoms with van der Waals surface area (Å²) >= 11 is 0. The Labute approximate surface area is 64.8 Å². The molecule has 0 atom stereocenters. The molecule has 0 fully saturated rings. The largest absolute Gasteiger partial charge is 0.322 e. The van der Waals surface area contributed by atoms with Gasteiger partial charge in [0.2, 0.25) is 0 Å². The van der Waals surface area contributed by atoms with Gasteiger partial charge in [-0.1, -0.05) is 18.2 Å². The van der Waals surface area contributed by atoms with Crippen LogP contribution in [-0.4, -0.2) is 10.1 Å². The normalized spacial score (nSPS) is 9.64. The van der Waals surface area contributed by atoms with Crippen molar-refractivity contribution in [3.05, 3.63) is 34.2 Å². The molecule has 0 amide bonds. The topological polar surface area (TPSA) is 40.3 Å². The van der Waals surface area contributed by atoms with Crippen molar-refractivity contribution >= 4 is 5.69 Å². The molecule has 0 aliphatic carbocycles. The van der Waals surface area contributed by atoms with E-state index in [0.717, 1.165) is 11.1 Å². The minimum atomic E-state index is -0.0926. The van der Waals surface area contributed by atoms with Crippen LogP contribution < -0.4 is 0 Å². The number of para-hydroxylation sites is 1. The van der Waals surface area contributed by atoms with E-state index < -0.39 is 0 Å². The van der Waals surface area contributed by atoms with Crippen LogP contribution in [0.4, 0.5) is 5.69 Å². The Morgan fingerprint density at radius 3 is 2.00 bits per heavy atom. The zero-order valence-corrected chi connectivity index (χ0v) is 6.53. The Kier molecular flexibility index (Phi) is 1.89. The van der Waals surface area contributed by atoms with E-state index in [1.165, 1.54) is 0 Å². The summed E-state index contributed by atoms with van der Waals surface area (Å²) in [6.45, 7) is 3.56. The van der Waals surface area contributed by atoms with Crippen LogP contribution in [0.1, 0.15) is 11.1 Å². The quantitative estimate of drug-likeness (QED) is 0.626. The van der Waals surface area contributed by atoms with Gasteiger partial charge in [-0.05, 0) is 13.8 Å². The van der Waals surface area contributed by atoms with Crippen molar-refractivity contribution in [3.8, 4) is 0 Å². The SMILES string of the molecule is Cc1cccc(C)c1[N+](=O)O. The van der Waals surface area contributed by atoms with Gasteiger partial charge < -0.3 is 0 Å². The predicted octanol–water partition coefficient (Wildman–Crippen LogP) is 2.10. The number of benzene rings is 1. The summed E-state index contributed by atoms with van der Waals surface area (Å²) < 4.78 is 0. The molecule has 1 aromatic rings. The molecule has 0 aliphatic heterocycles. The smallest absolute Gasteiger partial charge is 0.241 e. The molecule has 0 aliphatic rings. The van der Waals surface area contributed by atoms with Gasteiger partial charge in [-0.2, -0.15) is 0 Å². The number of hydrogen-bond acceptors (Lipinski definition) is 1. The Morgan fingerprint density at radius 1 is 1.27 bits per heavy atom. The minimum absolute atomic E-state index is 0.0926. The lowest BCUT2D eigenvalue weighted by Crippen LogP contribution is -1.96. The lowest BCUT2D eigenvalue weighted by molar-refractivity contribution is -0.730. The van der Waals surface area contributed by atoms with Crippen LogP contribution in [-0.2, 0) is 0 Å². The van der Waals surface area contributed by atoms with Gasteiger partial charge in [-0.25, -0.2) is 5.21 Å². The van der Waals surface area contributed by atoms with E-state index in [4.69, 9.17) is 5.21 Å². The predicted molar refractivity (Wildman–Crippen MR) is 41.0 cm³/mol. The first-order valence-electron chi connectivity index (χ1n) is 3.35. The van der Waals surface area contributed by atoms with Crippen LogP contribution in [0.3, 0.4) is 0 Å². The molecule has 58 valence electrons. The van der Waals surface area contributed by atoms with Gasteiger partial charge in [0, 0.05) is 11.1 Å². The Balaban J connectivity index is 3.32. The maximum atomic E-state index is 10.6. The lowest BCUT2D eigenvalue weighted by Gasteiger charge is -1.94. The van der Waals surface area contributed by atoms with Gasteiger partial charge in [0.1, 0.15) is 0 Å². The molecule has 1 N–H and O–H groups in total. The average molecular weight is 152 g/mol. The fourth-order valence-corrected chi connectivity index (χ4v) is 1.11. The number of aryl methyl sites for hydroxylation is 2. The third kappa shape index (κ3) is 1.37. The van der Waals surface area contributed by atoms with Crippen LogP contribution in [0.15, 0.2) is 18.2 Å². The van der Waals surface area contributed by atoms with Gasteiger partial charge in [0.25, 0.3) is 4.92 Å². The van der Waals surface area contributed by atoms with E-state index in [1.54, 1.807) is 26.0 Å². The lowest BCUT2D eigenvalue weighted by atomic mass is 10.1. The first-order valence-corrected chi connectivity index (χ1v) is 3.35. The molecular formula is C8H10NO2+. The molecule has 1 rings (SSSR count). The summed E-state index contributed by atoms with van der Waals surface area (Å²) in [6.07, 6.45) is 0. The van der Waals surface area contributed by atoms with Crippen molar-refractivity contribution in [1.82, 2.24) is 0 Å². The molecule has 3 heteroatoms. The highest BCUT2D eigenvalue weighted by Crippen LogP contribution is 2.20. The van der Waals surface area contributed by atoms with E-state index in [1.807, 2.05) is 6.07 Å². The fourth-order valence-electron chi connectivity index (χ4n) is 1.11. The number of nitrogens with zero attached hydrogens (tertiary/aromatic N) is 1. The fraction of sp³-hybridized carbons (Fsp3) is 0.250. The summed E-state index contributed by atoms with van der Waals surface area (Å²) in [6, 6.07) is 5.41. The van der Waals surface area contributed by atoms with Gasteiger partial charge >= 0.3 is 5.69 Å². The molecule has 0 radical (unpaired) electrons. The first-order chi connectivity index (χ1) is 5.13. The molecule has 0 unspecified atom stereocenters. The number of hydrogen-bond donors (Lipinski definition) is 1. The van der Waals surface area contributed by atoms with E-state index in [-0.39, 0.29) is 4.92 Å². The summed E-state index contributed by atoms with van der Waals surface area (Å²) in [4.78, 5) is 10.5. The maximum absolute atomic E-state index is 10.6. The van der Waals surface area contributed by atoms with Crippen molar-refractivity contribution in [2.75, 3.05) is 0 Å². The first kappa shape index (κ1) is 7.72. The standard InChI is InChI=1S/C8H10NO2/c1-6-4-3-5-7(2)8(6)9(10)11/h3-5H,1-2H3,(H,10,11)/q+1. The van der Waals surface area contributed by atoms with Gasteiger partial charge in [-0.3, -0.25) is 0 Å². The summed E-state index contributed by atoms with van der Waals surface area (Å²) in [5.41, 5.74) is 1.90. The maximum Gasteiger partial charge on any atom is 0.322 e. The van der Waals surface area contributed by atoms with E-state index in [9.17, 15) is 4.91 Å². The zero-order valence-electron chi connectivity index (χ0n) is 6.53. The summed E-state index contributed by atoms with van der Waals surface area (Å²) in [5.74, 6) is 0. The molecule has 3 nitrogen and oxygen atoms in total. The van der Waals surface area contributed by atoms with Gasteiger partial charge in [0.05, 0.1) is 4.91 Å². The molecule has 0 bridgehead atoms. The summed E-state index contributed by atoms with van der Waals surface area (Å²) in [5, 5.41) is 8.66. The average Bonchev–Trinajstić information content (AvgIpc) is 1.85. The molecule has 0 saturated carbocycles. The van der Waals surface area contributed by atoms with Crippen molar-refractivity contribution in [1.29, 1.82) is 0 Å². The van der Waals surface area contributed by atoms with Crippen LogP contribution in [0, 0.1) is 18.8 Å². The Hall–Kier alpha value is -1.38. The highest BCUT2D eigenvalue weighted by atomic mass is 16.6. The molecule has 11 heavy (non-hydrogen) atoms. The number of rotatable bonds is 1. The van der Waals surface area contributed by atoms with E-state index in [2.05, 4.69) is 0 Å². The van der Waals surface area contributed by atoms with Crippen LogP contribution in [0.5, 0.6) is 0 Å². The molecule has 0 aromatic heterocycles. The van der Waals surface area contributed by atoms with Crippen molar-refractivity contribution in [3.63, 3.8) is 0 Å². The highest BCUT2D eigenvalue weighted by Gasteiger charge is 2.17. The second kappa shape index (κ2) is 2.70. The summed E-state index contributed by atoms with van der Waals surface area (Å²) in [7, 11) is 0. The Bertz CT molecular complexity index is 274.